The molecule has 1 aliphatic carbocycles. The zero-order valence-electron chi connectivity index (χ0n) is 11.3. The van der Waals surface area contributed by atoms with Gasteiger partial charge in [-0.25, -0.2) is 0 Å². The molecule has 3 heteroatoms. The average Bonchev–Trinajstić information content (AvgIpc) is 2.37. The van der Waals surface area contributed by atoms with E-state index in [1.807, 2.05) is 0 Å². The molecule has 0 amide bonds. The van der Waals surface area contributed by atoms with Crippen molar-refractivity contribution in [3.8, 4) is 0 Å². The van der Waals surface area contributed by atoms with Crippen LogP contribution in [0.3, 0.4) is 0 Å². The van der Waals surface area contributed by atoms with Crippen molar-refractivity contribution in [3.63, 3.8) is 0 Å². The fraction of sp³-hybridized carbons (Fsp3) is 1.00. The molecule has 3 nitrogen and oxygen atoms in total. The standard InChI is InChI=1S/C14H28N2O/c1-14(6-3-2-4-7-14)12-15-8-5-13-11-17-10-9-16-13/h13,15-16H,2-12H2,1H3. The molecule has 17 heavy (non-hydrogen) atoms. The van der Waals surface area contributed by atoms with Crippen LogP contribution >= 0.6 is 0 Å². The van der Waals surface area contributed by atoms with E-state index in [0.29, 0.717) is 11.5 Å². The first-order chi connectivity index (χ1) is 8.29. The van der Waals surface area contributed by atoms with Crippen LogP contribution in [0, 0.1) is 5.41 Å². The molecule has 0 bridgehead atoms. The van der Waals surface area contributed by atoms with Gasteiger partial charge in [0.15, 0.2) is 0 Å². The summed E-state index contributed by atoms with van der Waals surface area (Å²) >= 11 is 0. The molecule has 0 spiro atoms. The van der Waals surface area contributed by atoms with Crippen LogP contribution in [-0.2, 0) is 4.74 Å². The van der Waals surface area contributed by atoms with E-state index in [4.69, 9.17) is 4.74 Å². The maximum absolute atomic E-state index is 5.46. The lowest BCUT2D eigenvalue weighted by molar-refractivity contribution is 0.0738. The van der Waals surface area contributed by atoms with Gasteiger partial charge in [0.05, 0.1) is 13.2 Å². The smallest absolute Gasteiger partial charge is 0.0620 e. The zero-order valence-corrected chi connectivity index (χ0v) is 11.3. The summed E-state index contributed by atoms with van der Waals surface area (Å²) in [6.45, 7) is 7.54. The fourth-order valence-corrected chi connectivity index (χ4v) is 3.05. The van der Waals surface area contributed by atoms with E-state index in [2.05, 4.69) is 17.6 Å². The molecule has 1 atom stereocenters. The van der Waals surface area contributed by atoms with E-state index in [9.17, 15) is 0 Å². The summed E-state index contributed by atoms with van der Waals surface area (Å²) in [7, 11) is 0. The highest BCUT2D eigenvalue weighted by Crippen LogP contribution is 2.34. The first-order valence-corrected chi connectivity index (χ1v) is 7.30. The van der Waals surface area contributed by atoms with Gasteiger partial charge in [-0.1, -0.05) is 26.2 Å². The number of hydrogen-bond donors (Lipinski definition) is 2. The van der Waals surface area contributed by atoms with Crippen LogP contribution in [0.5, 0.6) is 0 Å². The van der Waals surface area contributed by atoms with E-state index in [-0.39, 0.29) is 0 Å². The average molecular weight is 240 g/mol. The van der Waals surface area contributed by atoms with Gasteiger partial charge in [0, 0.05) is 19.1 Å². The zero-order chi connectivity index (χ0) is 12.0. The summed E-state index contributed by atoms with van der Waals surface area (Å²) < 4.78 is 5.46. The number of nitrogens with one attached hydrogen (secondary N) is 2. The lowest BCUT2D eigenvalue weighted by Gasteiger charge is -2.34. The third kappa shape index (κ3) is 4.57. The van der Waals surface area contributed by atoms with Gasteiger partial charge in [0.2, 0.25) is 0 Å². The molecule has 0 aromatic rings. The number of rotatable bonds is 5. The van der Waals surface area contributed by atoms with Crippen LogP contribution in [0.15, 0.2) is 0 Å². The molecule has 2 rings (SSSR count). The monoisotopic (exact) mass is 240 g/mol. The molecule has 1 saturated heterocycles. The van der Waals surface area contributed by atoms with Gasteiger partial charge >= 0.3 is 0 Å². The van der Waals surface area contributed by atoms with Gasteiger partial charge in [-0.2, -0.15) is 0 Å². The second kappa shape index (κ2) is 6.72. The van der Waals surface area contributed by atoms with E-state index in [1.165, 1.54) is 45.1 Å². The first-order valence-electron chi connectivity index (χ1n) is 7.30. The van der Waals surface area contributed by atoms with Gasteiger partial charge in [0.1, 0.15) is 0 Å². The minimum Gasteiger partial charge on any atom is -0.379 e. The Balaban J connectivity index is 1.55. The van der Waals surface area contributed by atoms with E-state index in [0.717, 1.165) is 26.3 Å². The molecule has 100 valence electrons. The molecule has 1 aliphatic heterocycles. The molecule has 1 unspecified atom stereocenters. The molecular weight excluding hydrogens is 212 g/mol. The van der Waals surface area contributed by atoms with Crippen LogP contribution in [0.2, 0.25) is 0 Å². The van der Waals surface area contributed by atoms with Crippen LogP contribution < -0.4 is 10.6 Å². The van der Waals surface area contributed by atoms with Crippen LogP contribution in [0.1, 0.15) is 45.4 Å². The topological polar surface area (TPSA) is 33.3 Å². The second-order valence-corrected chi connectivity index (χ2v) is 6.06. The summed E-state index contributed by atoms with van der Waals surface area (Å²) in [5, 5.41) is 7.15. The molecule has 0 aromatic carbocycles. The van der Waals surface area contributed by atoms with Crippen molar-refractivity contribution in [3.05, 3.63) is 0 Å². The van der Waals surface area contributed by atoms with Crippen molar-refractivity contribution in [2.45, 2.75) is 51.5 Å². The predicted octanol–water partition coefficient (Wildman–Crippen LogP) is 1.92. The Morgan fingerprint density at radius 1 is 1.29 bits per heavy atom. The minimum absolute atomic E-state index is 0.564. The molecule has 2 N–H and O–H groups in total. The third-order valence-corrected chi connectivity index (χ3v) is 4.28. The van der Waals surface area contributed by atoms with Gasteiger partial charge in [-0.15, -0.1) is 0 Å². The maximum Gasteiger partial charge on any atom is 0.0620 e. The Hall–Kier alpha value is -0.120. The van der Waals surface area contributed by atoms with Crippen molar-refractivity contribution in [2.24, 2.45) is 5.41 Å². The van der Waals surface area contributed by atoms with Crippen molar-refractivity contribution in [1.82, 2.24) is 10.6 Å². The summed E-state index contributed by atoms with van der Waals surface area (Å²) in [5.41, 5.74) is 0.564. The Labute approximate surface area is 106 Å². The first kappa shape index (κ1) is 13.3. The molecule has 0 radical (unpaired) electrons. The molecule has 1 saturated carbocycles. The van der Waals surface area contributed by atoms with Crippen molar-refractivity contribution >= 4 is 0 Å². The summed E-state index contributed by atoms with van der Waals surface area (Å²) in [6, 6.07) is 0.565. The van der Waals surface area contributed by atoms with Gasteiger partial charge < -0.3 is 15.4 Å². The number of ether oxygens (including phenoxy) is 1. The SMILES string of the molecule is CC1(CNCCC2COCCN2)CCCCC1. The lowest BCUT2D eigenvalue weighted by Crippen LogP contribution is -2.43. The second-order valence-electron chi connectivity index (χ2n) is 6.06. The van der Waals surface area contributed by atoms with E-state index < -0.39 is 0 Å². The fourth-order valence-electron chi connectivity index (χ4n) is 3.05. The molecule has 2 aliphatic rings. The maximum atomic E-state index is 5.46. The van der Waals surface area contributed by atoms with E-state index in [1.54, 1.807) is 0 Å². The highest BCUT2D eigenvalue weighted by Gasteiger charge is 2.26. The summed E-state index contributed by atoms with van der Waals surface area (Å²) in [4.78, 5) is 0. The summed E-state index contributed by atoms with van der Waals surface area (Å²) in [6.07, 6.45) is 8.30. The third-order valence-electron chi connectivity index (χ3n) is 4.28. The van der Waals surface area contributed by atoms with E-state index >= 15 is 0 Å². The largest absolute Gasteiger partial charge is 0.379 e. The minimum atomic E-state index is 0.564. The Bertz CT molecular complexity index is 208. The van der Waals surface area contributed by atoms with Crippen LogP contribution in [-0.4, -0.2) is 38.9 Å². The molecule has 2 fully saturated rings. The lowest BCUT2D eigenvalue weighted by atomic mass is 9.76. The van der Waals surface area contributed by atoms with Gasteiger partial charge in [-0.05, 0) is 31.2 Å². The highest BCUT2D eigenvalue weighted by atomic mass is 16.5. The number of morpholine rings is 1. The van der Waals surface area contributed by atoms with Crippen LogP contribution in [0.4, 0.5) is 0 Å². The molecular formula is C14H28N2O. The Morgan fingerprint density at radius 3 is 2.82 bits per heavy atom. The summed E-state index contributed by atoms with van der Waals surface area (Å²) in [5.74, 6) is 0. The van der Waals surface area contributed by atoms with Crippen LogP contribution in [0.25, 0.3) is 0 Å². The van der Waals surface area contributed by atoms with Crippen molar-refractivity contribution < 1.29 is 4.74 Å². The Morgan fingerprint density at radius 2 is 2.12 bits per heavy atom. The molecule has 1 heterocycles. The predicted molar refractivity (Wildman–Crippen MR) is 71.3 cm³/mol. The Kier molecular flexibility index (Phi) is 5.26. The van der Waals surface area contributed by atoms with Crippen molar-refractivity contribution in [2.75, 3.05) is 32.8 Å². The quantitative estimate of drug-likeness (QED) is 0.720. The highest BCUT2D eigenvalue weighted by molar-refractivity contribution is 4.81. The van der Waals surface area contributed by atoms with Gasteiger partial charge in [0.25, 0.3) is 0 Å². The van der Waals surface area contributed by atoms with Gasteiger partial charge in [-0.3, -0.25) is 0 Å². The van der Waals surface area contributed by atoms with Crippen molar-refractivity contribution in [1.29, 1.82) is 0 Å². The molecule has 0 aromatic heterocycles. The normalized spacial score (nSPS) is 29.1. The number of hydrogen-bond acceptors (Lipinski definition) is 3.